The van der Waals surface area contributed by atoms with Crippen molar-refractivity contribution < 1.29 is 0 Å². The highest BCUT2D eigenvalue weighted by Gasteiger charge is 2.16. The van der Waals surface area contributed by atoms with Crippen LogP contribution >= 0.6 is 11.8 Å². The zero-order valence-electron chi connectivity index (χ0n) is 11.1. The number of rotatable bonds is 5. The van der Waals surface area contributed by atoms with Crippen LogP contribution in [0.15, 0.2) is 35.2 Å². The first-order valence-corrected chi connectivity index (χ1v) is 7.57. The summed E-state index contributed by atoms with van der Waals surface area (Å²) >= 11 is 1.86. The molecule has 0 saturated carbocycles. The Hall–Kier alpha value is -0.550. The lowest BCUT2D eigenvalue weighted by Gasteiger charge is -2.33. The molecule has 0 unspecified atom stereocenters. The van der Waals surface area contributed by atoms with Crippen molar-refractivity contribution in [2.24, 2.45) is 5.73 Å². The van der Waals surface area contributed by atoms with Crippen LogP contribution < -0.4 is 5.73 Å². The summed E-state index contributed by atoms with van der Waals surface area (Å²) in [4.78, 5) is 6.17. The van der Waals surface area contributed by atoms with E-state index in [1.165, 1.54) is 18.0 Å². The number of thioether (sulfide) groups is 1. The lowest BCUT2D eigenvalue weighted by atomic mass is 10.2. The van der Waals surface area contributed by atoms with Gasteiger partial charge in [-0.3, -0.25) is 4.90 Å². The summed E-state index contributed by atoms with van der Waals surface area (Å²) < 4.78 is 0. The van der Waals surface area contributed by atoms with Crippen molar-refractivity contribution in [1.82, 2.24) is 9.80 Å². The Morgan fingerprint density at radius 1 is 1.17 bits per heavy atom. The second-order valence-corrected chi connectivity index (χ2v) is 6.08. The lowest BCUT2D eigenvalue weighted by Crippen LogP contribution is -2.49. The lowest BCUT2D eigenvalue weighted by molar-refractivity contribution is 0.150. The number of nitrogens with zero attached hydrogens (tertiary/aromatic N) is 2. The molecule has 18 heavy (non-hydrogen) atoms. The van der Waals surface area contributed by atoms with E-state index in [0.29, 0.717) is 0 Å². The first-order chi connectivity index (χ1) is 8.74. The molecule has 1 aromatic carbocycles. The highest BCUT2D eigenvalue weighted by molar-refractivity contribution is 7.99. The van der Waals surface area contributed by atoms with Gasteiger partial charge in [0.15, 0.2) is 0 Å². The van der Waals surface area contributed by atoms with Crippen molar-refractivity contribution in [2.45, 2.75) is 10.9 Å². The SMILES string of the molecule is CN1CCN(C[C@@H](N)CSc2ccccc2)CC1. The Labute approximate surface area is 114 Å². The number of hydrogen-bond donors (Lipinski definition) is 1. The third-order valence-electron chi connectivity index (χ3n) is 3.30. The van der Waals surface area contributed by atoms with Crippen LogP contribution in [0.25, 0.3) is 0 Å². The zero-order chi connectivity index (χ0) is 12.8. The summed E-state index contributed by atoms with van der Waals surface area (Å²) in [6.45, 7) is 5.66. The maximum atomic E-state index is 6.21. The Kier molecular flexibility index (Phi) is 5.50. The Balaban J connectivity index is 1.67. The molecule has 3 nitrogen and oxygen atoms in total. The van der Waals surface area contributed by atoms with Gasteiger partial charge in [-0.05, 0) is 19.2 Å². The van der Waals surface area contributed by atoms with Gasteiger partial charge >= 0.3 is 0 Å². The van der Waals surface area contributed by atoms with Crippen LogP contribution in [0.3, 0.4) is 0 Å². The van der Waals surface area contributed by atoms with Crippen LogP contribution in [0.1, 0.15) is 0 Å². The minimum atomic E-state index is 0.263. The summed E-state index contributed by atoms with van der Waals surface area (Å²) in [5, 5.41) is 0. The predicted octanol–water partition coefficient (Wildman–Crippen LogP) is 1.35. The fraction of sp³-hybridized carbons (Fsp3) is 0.571. The van der Waals surface area contributed by atoms with E-state index in [1.807, 2.05) is 17.8 Å². The van der Waals surface area contributed by atoms with E-state index in [4.69, 9.17) is 5.73 Å². The monoisotopic (exact) mass is 265 g/mol. The summed E-state index contributed by atoms with van der Waals surface area (Å²) in [5.41, 5.74) is 6.21. The molecule has 4 heteroatoms. The standard InChI is InChI=1S/C14H23N3S/c1-16-7-9-17(10-8-16)11-13(15)12-18-14-5-3-2-4-6-14/h2-6,13H,7-12,15H2,1H3/t13-/m1/s1. The van der Waals surface area contributed by atoms with Crippen LogP contribution in [0, 0.1) is 0 Å². The predicted molar refractivity (Wildman–Crippen MR) is 79.1 cm³/mol. The maximum Gasteiger partial charge on any atom is 0.0263 e. The van der Waals surface area contributed by atoms with E-state index in [0.717, 1.165) is 25.4 Å². The van der Waals surface area contributed by atoms with Crippen LogP contribution in [0.2, 0.25) is 0 Å². The van der Waals surface area contributed by atoms with E-state index < -0.39 is 0 Å². The third-order valence-corrected chi connectivity index (χ3v) is 4.50. The minimum absolute atomic E-state index is 0.263. The van der Waals surface area contributed by atoms with Crippen LogP contribution in [-0.2, 0) is 0 Å². The van der Waals surface area contributed by atoms with Gasteiger partial charge in [-0.2, -0.15) is 0 Å². The van der Waals surface area contributed by atoms with Gasteiger partial charge < -0.3 is 10.6 Å². The number of benzene rings is 1. The van der Waals surface area contributed by atoms with Crippen LogP contribution in [-0.4, -0.2) is 61.4 Å². The highest BCUT2D eigenvalue weighted by Crippen LogP contribution is 2.17. The average Bonchev–Trinajstić information content (AvgIpc) is 2.40. The molecule has 1 aromatic rings. The minimum Gasteiger partial charge on any atom is -0.326 e. The fourth-order valence-corrected chi connectivity index (χ4v) is 3.00. The number of piperazine rings is 1. The largest absolute Gasteiger partial charge is 0.326 e. The Morgan fingerprint density at radius 2 is 1.83 bits per heavy atom. The number of nitrogens with two attached hydrogens (primary N) is 1. The van der Waals surface area contributed by atoms with Gasteiger partial charge in [-0.15, -0.1) is 11.8 Å². The van der Waals surface area contributed by atoms with E-state index in [-0.39, 0.29) is 6.04 Å². The molecule has 0 amide bonds. The molecular formula is C14H23N3S. The molecule has 1 heterocycles. The summed E-state index contributed by atoms with van der Waals surface area (Å²) in [5.74, 6) is 0.996. The van der Waals surface area contributed by atoms with E-state index in [2.05, 4.69) is 41.1 Å². The van der Waals surface area contributed by atoms with Crippen LogP contribution in [0.5, 0.6) is 0 Å². The van der Waals surface area contributed by atoms with Gasteiger partial charge in [0.25, 0.3) is 0 Å². The number of hydrogen-bond acceptors (Lipinski definition) is 4. The quantitative estimate of drug-likeness (QED) is 0.815. The molecule has 2 N–H and O–H groups in total. The molecule has 100 valence electrons. The average molecular weight is 265 g/mol. The normalized spacial score (nSPS) is 19.9. The molecule has 1 saturated heterocycles. The first kappa shape index (κ1) is 13.9. The fourth-order valence-electron chi connectivity index (χ4n) is 2.13. The molecule has 2 rings (SSSR count). The third kappa shape index (κ3) is 4.61. The van der Waals surface area contributed by atoms with Gasteiger partial charge in [0, 0.05) is 49.4 Å². The Bertz CT molecular complexity index is 336. The van der Waals surface area contributed by atoms with E-state index >= 15 is 0 Å². The molecule has 0 radical (unpaired) electrons. The van der Waals surface area contributed by atoms with Crippen molar-refractivity contribution >= 4 is 11.8 Å². The first-order valence-electron chi connectivity index (χ1n) is 6.58. The molecule has 0 aliphatic carbocycles. The molecule has 1 aliphatic heterocycles. The van der Waals surface area contributed by atoms with Gasteiger partial charge in [-0.25, -0.2) is 0 Å². The molecule has 1 aliphatic rings. The number of likely N-dealkylation sites (N-methyl/N-ethyl adjacent to an activating group) is 1. The molecule has 1 atom stereocenters. The Morgan fingerprint density at radius 3 is 2.50 bits per heavy atom. The summed E-state index contributed by atoms with van der Waals surface area (Å²) in [6, 6.07) is 10.8. The smallest absolute Gasteiger partial charge is 0.0263 e. The summed E-state index contributed by atoms with van der Waals surface area (Å²) in [6.07, 6.45) is 0. The second kappa shape index (κ2) is 7.14. The van der Waals surface area contributed by atoms with Crippen molar-refractivity contribution in [2.75, 3.05) is 45.5 Å². The van der Waals surface area contributed by atoms with Crippen molar-refractivity contribution in [3.63, 3.8) is 0 Å². The molecule has 1 fully saturated rings. The molecule has 0 aromatic heterocycles. The van der Waals surface area contributed by atoms with E-state index in [1.54, 1.807) is 0 Å². The maximum absolute atomic E-state index is 6.21. The van der Waals surface area contributed by atoms with E-state index in [9.17, 15) is 0 Å². The molecular weight excluding hydrogens is 242 g/mol. The van der Waals surface area contributed by atoms with Crippen LogP contribution in [0.4, 0.5) is 0 Å². The molecule has 0 bridgehead atoms. The van der Waals surface area contributed by atoms with Gasteiger partial charge in [-0.1, -0.05) is 18.2 Å². The highest BCUT2D eigenvalue weighted by atomic mass is 32.2. The van der Waals surface area contributed by atoms with Crippen molar-refractivity contribution in [1.29, 1.82) is 0 Å². The van der Waals surface area contributed by atoms with Gasteiger partial charge in [0.1, 0.15) is 0 Å². The molecule has 0 spiro atoms. The second-order valence-electron chi connectivity index (χ2n) is 4.99. The topological polar surface area (TPSA) is 32.5 Å². The van der Waals surface area contributed by atoms with Crippen molar-refractivity contribution in [3.05, 3.63) is 30.3 Å². The van der Waals surface area contributed by atoms with Crippen molar-refractivity contribution in [3.8, 4) is 0 Å². The van der Waals surface area contributed by atoms with Gasteiger partial charge in [0.05, 0.1) is 0 Å². The van der Waals surface area contributed by atoms with Gasteiger partial charge in [0.2, 0.25) is 0 Å². The zero-order valence-corrected chi connectivity index (χ0v) is 11.9. The summed E-state index contributed by atoms with van der Waals surface area (Å²) in [7, 11) is 2.18.